The molecule has 6 heteroatoms. The largest absolute Gasteiger partial charge is 0.360 e. The van der Waals surface area contributed by atoms with E-state index < -0.39 is 0 Å². The lowest BCUT2D eigenvalue weighted by Gasteiger charge is -2.06. The third-order valence-electron chi connectivity index (χ3n) is 2.86. The highest BCUT2D eigenvalue weighted by atomic mass is 35.5. The molecule has 20 heavy (non-hydrogen) atoms. The Morgan fingerprint density at radius 3 is 2.75 bits per heavy atom. The first-order chi connectivity index (χ1) is 9.65. The molecule has 0 fully saturated rings. The molecular weight excluding hydrogens is 278 g/mol. The average molecular weight is 288 g/mol. The Hall–Kier alpha value is -2.40. The fourth-order valence-corrected chi connectivity index (χ4v) is 2.16. The topological polar surface area (TPSA) is 68.0 Å². The van der Waals surface area contributed by atoms with Gasteiger partial charge in [-0.3, -0.25) is 4.79 Å². The second-order valence-electron chi connectivity index (χ2n) is 4.29. The van der Waals surface area contributed by atoms with Crippen molar-refractivity contribution >= 4 is 34.1 Å². The van der Waals surface area contributed by atoms with Crippen LogP contribution in [0.5, 0.6) is 0 Å². The average Bonchev–Trinajstić information content (AvgIpc) is 2.84. The second kappa shape index (κ2) is 4.94. The third kappa shape index (κ3) is 2.23. The maximum atomic E-state index is 12.3. The first-order valence-corrected chi connectivity index (χ1v) is 6.31. The summed E-state index contributed by atoms with van der Waals surface area (Å²) in [7, 11) is 0. The number of pyridine rings is 1. The number of aryl methyl sites for hydroxylation is 1. The Balaban J connectivity index is 2.01. The van der Waals surface area contributed by atoms with E-state index in [4.69, 9.17) is 16.1 Å². The van der Waals surface area contributed by atoms with Gasteiger partial charge in [-0.2, -0.15) is 0 Å². The lowest BCUT2D eigenvalue weighted by atomic mass is 10.1. The molecule has 2 aromatic heterocycles. The Labute approximate surface area is 119 Å². The van der Waals surface area contributed by atoms with Crippen LogP contribution in [0.3, 0.4) is 0 Å². The van der Waals surface area contributed by atoms with E-state index in [0.29, 0.717) is 22.3 Å². The quantitative estimate of drug-likeness (QED) is 0.733. The van der Waals surface area contributed by atoms with Crippen molar-refractivity contribution in [2.75, 3.05) is 5.32 Å². The minimum atomic E-state index is -0.307. The van der Waals surface area contributed by atoms with Crippen LogP contribution in [0.2, 0.25) is 5.15 Å². The fourth-order valence-electron chi connectivity index (χ4n) is 1.95. The molecule has 0 aliphatic heterocycles. The number of hydrogen-bond acceptors (Lipinski definition) is 4. The number of hydrogen-bond donors (Lipinski definition) is 1. The number of aromatic nitrogens is 2. The summed E-state index contributed by atoms with van der Waals surface area (Å²) in [5.74, 6) is 0.685. The number of benzene rings is 1. The van der Waals surface area contributed by atoms with Gasteiger partial charge in [-0.25, -0.2) is 4.98 Å². The maximum Gasteiger partial charge on any atom is 0.259 e. The van der Waals surface area contributed by atoms with Crippen LogP contribution in [0.1, 0.15) is 16.1 Å². The number of nitrogens with zero attached hydrogens (tertiary/aromatic N) is 2. The standard InChI is InChI=1S/C14H10ClN3O2/c1-8-6-12(18-20-8)17-14(19)11-7-16-13(15)10-5-3-2-4-9(10)11/h2-7H,1H3,(H,17,18,19). The van der Waals surface area contributed by atoms with Gasteiger partial charge in [0.1, 0.15) is 10.9 Å². The monoisotopic (exact) mass is 287 g/mol. The van der Waals surface area contributed by atoms with Gasteiger partial charge >= 0.3 is 0 Å². The number of amides is 1. The van der Waals surface area contributed by atoms with Crippen molar-refractivity contribution in [3.63, 3.8) is 0 Å². The molecule has 0 unspecified atom stereocenters. The van der Waals surface area contributed by atoms with Gasteiger partial charge in [0.25, 0.3) is 5.91 Å². The number of carbonyl (C=O) groups excluding carboxylic acids is 1. The molecule has 2 heterocycles. The summed E-state index contributed by atoms with van der Waals surface area (Å²) >= 11 is 6.03. The Morgan fingerprint density at radius 2 is 2.05 bits per heavy atom. The molecule has 1 N–H and O–H groups in total. The summed E-state index contributed by atoms with van der Waals surface area (Å²) in [6.07, 6.45) is 1.45. The smallest absolute Gasteiger partial charge is 0.259 e. The highest BCUT2D eigenvalue weighted by Gasteiger charge is 2.14. The summed E-state index contributed by atoms with van der Waals surface area (Å²) in [6, 6.07) is 8.98. The first-order valence-electron chi connectivity index (χ1n) is 5.93. The molecule has 5 nitrogen and oxygen atoms in total. The lowest BCUT2D eigenvalue weighted by molar-refractivity contribution is 0.102. The number of nitrogens with one attached hydrogen (secondary N) is 1. The SMILES string of the molecule is Cc1cc(NC(=O)c2cnc(Cl)c3ccccc23)no1. The zero-order valence-corrected chi connectivity index (χ0v) is 11.3. The van der Waals surface area contributed by atoms with E-state index in [-0.39, 0.29) is 5.91 Å². The van der Waals surface area contributed by atoms with Crippen molar-refractivity contribution < 1.29 is 9.32 Å². The van der Waals surface area contributed by atoms with Gasteiger partial charge in [-0.1, -0.05) is 41.0 Å². The third-order valence-corrected chi connectivity index (χ3v) is 3.16. The molecule has 0 aliphatic rings. The van der Waals surface area contributed by atoms with E-state index in [1.165, 1.54) is 6.20 Å². The minimum absolute atomic E-state index is 0.307. The predicted octanol–water partition coefficient (Wildman–Crippen LogP) is 3.44. The minimum Gasteiger partial charge on any atom is -0.360 e. The van der Waals surface area contributed by atoms with Crippen LogP contribution in [0.4, 0.5) is 5.82 Å². The van der Waals surface area contributed by atoms with E-state index in [9.17, 15) is 4.79 Å². The molecule has 0 atom stereocenters. The molecule has 0 radical (unpaired) electrons. The van der Waals surface area contributed by atoms with Crippen molar-refractivity contribution in [1.82, 2.24) is 10.1 Å². The highest BCUT2D eigenvalue weighted by Crippen LogP contribution is 2.24. The van der Waals surface area contributed by atoms with Gasteiger partial charge in [0, 0.05) is 17.6 Å². The second-order valence-corrected chi connectivity index (χ2v) is 4.64. The van der Waals surface area contributed by atoms with Gasteiger partial charge in [0.2, 0.25) is 0 Å². The lowest BCUT2D eigenvalue weighted by Crippen LogP contribution is -2.13. The van der Waals surface area contributed by atoms with E-state index in [1.807, 2.05) is 24.3 Å². The Bertz CT molecular complexity index is 798. The first kappa shape index (κ1) is 12.6. The molecule has 3 aromatic rings. The number of halogens is 1. The van der Waals surface area contributed by atoms with Crippen molar-refractivity contribution in [2.24, 2.45) is 0 Å². The Morgan fingerprint density at radius 1 is 1.30 bits per heavy atom. The molecule has 0 saturated carbocycles. The van der Waals surface area contributed by atoms with E-state index >= 15 is 0 Å². The van der Waals surface area contributed by atoms with Crippen molar-refractivity contribution in [1.29, 1.82) is 0 Å². The summed E-state index contributed by atoms with van der Waals surface area (Å²) in [5.41, 5.74) is 0.436. The van der Waals surface area contributed by atoms with Gasteiger partial charge < -0.3 is 9.84 Å². The van der Waals surface area contributed by atoms with Crippen LogP contribution in [-0.4, -0.2) is 16.0 Å². The number of rotatable bonds is 2. The van der Waals surface area contributed by atoms with Crippen LogP contribution in [-0.2, 0) is 0 Å². The molecule has 0 spiro atoms. The summed E-state index contributed by atoms with van der Waals surface area (Å²) in [4.78, 5) is 16.3. The fraction of sp³-hybridized carbons (Fsp3) is 0.0714. The summed E-state index contributed by atoms with van der Waals surface area (Å²) in [5, 5.41) is 8.23. The maximum absolute atomic E-state index is 12.3. The van der Waals surface area contributed by atoms with Crippen molar-refractivity contribution in [3.05, 3.63) is 53.0 Å². The van der Waals surface area contributed by atoms with E-state index in [0.717, 1.165) is 10.8 Å². The van der Waals surface area contributed by atoms with Crippen LogP contribution in [0, 0.1) is 6.92 Å². The Kier molecular flexibility index (Phi) is 3.12. The van der Waals surface area contributed by atoms with E-state index in [1.54, 1.807) is 13.0 Å². The van der Waals surface area contributed by atoms with E-state index in [2.05, 4.69) is 15.5 Å². The normalized spacial score (nSPS) is 10.7. The number of anilines is 1. The van der Waals surface area contributed by atoms with Gasteiger partial charge in [0.15, 0.2) is 5.82 Å². The highest BCUT2D eigenvalue weighted by molar-refractivity contribution is 6.35. The molecule has 1 amide bonds. The summed E-state index contributed by atoms with van der Waals surface area (Å²) < 4.78 is 4.91. The molecule has 0 bridgehead atoms. The van der Waals surface area contributed by atoms with Gasteiger partial charge in [-0.05, 0) is 12.3 Å². The van der Waals surface area contributed by atoms with Crippen molar-refractivity contribution in [3.8, 4) is 0 Å². The summed E-state index contributed by atoms with van der Waals surface area (Å²) in [6.45, 7) is 1.75. The molecule has 1 aromatic carbocycles. The molecule has 0 saturated heterocycles. The number of carbonyl (C=O) groups is 1. The van der Waals surface area contributed by atoms with Crippen LogP contribution in [0.25, 0.3) is 10.8 Å². The van der Waals surface area contributed by atoms with Crippen LogP contribution in [0.15, 0.2) is 41.1 Å². The van der Waals surface area contributed by atoms with Gasteiger partial charge in [0.05, 0.1) is 5.56 Å². The van der Waals surface area contributed by atoms with Crippen LogP contribution >= 0.6 is 11.6 Å². The zero-order valence-electron chi connectivity index (χ0n) is 10.6. The number of fused-ring (bicyclic) bond motifs is 1. The zero-order chi connectivity index (χ0) is 14.1. The molecular formula is C14H10ClN3O2. The molecule has 0 aliphatic carbocycles. The van der Waals surface area contributed by atoms with Crippen LogP contribution < -0.4 is 5.32 Å². The van der Waals surface area contributed by atoms with Crippen molar-refractivity contribution in [2.45, 2.75) is 6.92 Å². The predicted molar refractivity (Wildman–Crippen MR) is 75.9 cm³/mol. The molecule has 100 valence electrons. The van der Waals surface area contributed by atoms with Gasteiger partial charge in [-0.15, -0.1) is 0 Å². The molecule has 3 rings (SSSR count).